The molecule has 1 N–H and O–H groups in total. The molecule has 0 aliphatic heterocycles. The average Bonchev–Trinajstić information content (AvgIpc) is 2.40. The monoisotopic (exact) mass is 326 g/mol. The first-order chi connectivity index (χ1) is 8.70. The Morgan fingerprint density at radius 2 is 2.22 bits per heavy atom. The van der Waals surface area contributed by atoms with Gasteiger partial charge in [-0.25, -0.2) is 4.98 Å². The number of methoxy groups -OCH3 is 1. The minimum absolute atomic E-state index is 0.573. The number of rotatable bonds is 4. The molecule has 1 heterocycles. The van der Waals surface area contributed by atoms with Crippen LogP contribution >= 0.6 is 27.5 Å². The van der Waals surface area contributed by atoms with Gasteiger partial charge in [-0.1, -0.05) is 27.5 Å². The van der Waals surface area contributed by atoms with E-state index in [4.69, 9.17) is 16.3 Å². The molecule has 0 fully saturated rings. The second kappa shape index (κ2) is 6.07. The maximum Gasteiger partial charge on any atom is 0.237 e. The van der Waals surface area contributed by atoms with Gasteiger partial charge in [0.25, 0.3) is 0 Å². The van der Waals surface area contributed by atoms with Crippen LogP contribution in [0.15, 0.2) is 41.0 Å². The van der Waals surface area contributed by atoms with E-state index in [1.165, 1.54) is 0 Å². The Balaban J connectivity index is 2.14. The lowest BCUT2D eigenvalue weighted by molar-refractivity contribution is 0.399. The molecule has 5 heteroatoms. The van der Waals surface area contributed by atoms with Crippen LogP contribution < -0.4 is 10.1 Å². The molecule has 2 rings (SSSR count). The molecular weight excluding hydrogens is 316 g/mol. The van der Waals surface area contributed by atoms with Crippen molar-refractivity contribution in [2.75, 3.05) is 12.4 Å². The zero-order valence-corrected chi connectivity index (χ0v) is 12.1. The van der Waals surface area contributed by atoms with Gasteiger partial charge in [-0.2, -0.15) is 0 Å². The molecule has 0 unspecified atom stereocenters. The fourth-order valence-corrected chi connectivity index (χ4v) is 2.15. The largest absolute Gasteiger partial charge is 0.480 e. The standard InChI is InChI=1S/C13H12BrClN2O/c1-18-13-12(3-2-6-16-13)17-8-9-7-10(14)4-5-11(9)15/h2-7,17H,8H2,1H3. The van der Waals surface area contributed by atoms with Crippen LogP contribution in [0, 0.1) is 0 Å². The van der Waals surface area contributed by atoms with Gasteiger partial charge in [-0.3, -0.25) is 0 Å². The smallest absolute Gasteiger partial charge is 0.237 e. The molecule has 1 aromatic heterocycles. The average molecular weight is 328 g/mol. The first-order valence-corrected chi connectivity index (χ1v) is 6.54. The molecule has 3 nitrogen and oxygen atoms in total. The van der Waals surface area contributed by atoms with Crippen LogP contribution in [-0.2, 0) is 6.54 Å². The predicted octanol–water partition coefficient (Wildman–Crippen LogP) is 4.12. The Labute approximate surface area is 119 Å². The fraction of sp³-hybridized carbons (Fsp3) is 0.154. The van der Waals surface area contributed by atoms with Crippen molar-refractivity contribution in [3.63, 3.8) is 0 Å². The molecule has 94 valence electrons. The van der Waals surface area contributed by atoms with Gasteiger partial charge in [0.15, 0.2) is 0 Å². The Morgan fingerprint density at radius 3 is 3.00 bits per heavy atom. The number of nitrogens with zero attached hydrogens (tertiary/aromatic N) is 1. The second-order valence-electron chi connectivity index (χ2n) is 3.65. The topological polar surface area (TPSA) is 34.1 Å². The summed E-state index contributed by atoms with van der Waals surface area (Å²) in [4.78, 5) is 4.12. The molecule has 1 aromatic carbocycles. The number of anilines is 1. The van der Waals surface area contributed by atoms with E-state index in [-0.39, 0.29) is 0 Å². The fourth-order valence-electron chi connectivity index (χ4n) is 1.56. The predicted molar refractivity (Wildman–Crippen MR) is 77.3 cm³/mol. The minimum atomic E-state index is 0.573. The number of ether oxygens (including phenoxy) is 1. The van der Waals surface area contributed by atoms with E-state index in [1.807, 2.05) is 30.3 Å². The van der Waals surface area contributed by atoms with E-state index in [2.05, 4.69) is 26.2 Å². The number of benzene rings is 1. The summed E-state index contributed by atoms with van der Waals surface area (Å²) in [6.07, 6.45) is 1.69. The Bertz CT molecular complexity index is 548. The quantitative estimate of drug-likeness (QED) is 0.917. The van der Waals surface area contributed by atoms with Gasteiger partial charge in [-0.15, -0.1) is 0 Å². The van der Waals surface area contributed by atoms with Crippen molar-refractivity contribution in [2.24, 2.45) is 0 Å². The SMILES string of the molecule is COc1ncccc1NCc1cc(Br)ccc1Cl. The normalized spacial score (nSPS) is 10.2. The molecule has 0 radical (unpaired) electrons. The molecule has 0 aliphatic carbocycles. The van der Waals surface area contributed by atoms with E-state index in [1.54, 1.807) is 13.3 Å². The summed E-state index contributed by atoms with van der Waals surface area (Å²) < 4.78 is 6.17. The van der Waals surface area contributed by atoms with E-state index >= 15 is 0 Å². The summed E-state index contributed by atoms with van der Waals surface area (Å²) in [7, 11) is 1.60. The summed E-state index contributed by atoms with van der Waals surface area (Å²) in [5.41, 5.74) is 1.85. The molecule has 0 spiro atoms. The van der Waals surface area contributed by atoms with Gasteiger partial charge < -0.3 is 10.1 Å². The first-order valence-electron chi connectivity index (χ1n) is 5.37. The van der Waals surface area contributed by atoms with Crippen molar-refractivity contribution in [1.29, 1.82) is 0 Å². The third kappa shape index (κ3) is 3.15. The van der Waals surface area contributed by atoms with Crippen LogP contribution in [0.5, 0.6) is 5.88 Å². The van der Waals surface area contributed by atoms with Crippen molar-refractivity contribution >= 4 is 33.2 Å². The lowest BCUT2D eigenvalue weighted by Gasteiger charge is -2.11. The molecule has 0 atom stereocenters. The van der Waals surface area contributed by atoms with Crippen molar-refractivity contribution in [1.82, 2.24) is 4.98 Å². The molecule has 18 heavy (non-hydrogen) atoms. The zero-order valence-electron chi connectivity index (χ0n) is 9.78. The third-order valence-corrected chi connectivity index (χ3v) is 3.30. The van der Waals surface area contributed by atoms with Crippen LogP contribution in [0.4, 0.5) is 5.69 Å². The summed E-state index contributed by atoms with van der Waals surface area (Å²) >= 11 is 9.56. The van der Waals surface area contributed by atoms with Crippen LogP contribution in [0.1, 0.15) is 5.56 Å². The number of pyridine rings is 1. The molecule has 0 bridgehead atoms. The summed E-state index contributed by atoms with van der Waals surface area (Å²) in [5.74, 6) is 0.573. The second-order valence-corrected chi connectivity index (χ2v) is 4.97. The Kier molecular flexibility index (Phi) is 4.44. The molecule has 2 aromatic rings. The maximum absolute atomic E-state index is 6.13. The first kappa shape index (κ1) is 13.2. The van der Waals surface area contributed by atoms with Gasteiger partial charge in [0.2, 0.25) is 5.88 Å². The molecule has 0 amide bonds. The van der Waals surface area contributed by atoms with E-state index in [9.17, 15) is 0 Å². The van der Waals surface area contributed by atoms with Gasteiger partial charge in [0, 0.05) is 22.2 Å². The van der Waals surface area contributed by atoms with Crippen LogP contribution in [-0.4, -0.2) is 12.1 Å². The van der Waals surface area contributed by atoms with Crippen LogP contribution in [0.3, 0.4) is 0 Å². The highest BCUT2D eigenvalue weighted by molar-refractivity contribution is 9.10. The lowest BCUT2D eigenvalue weighted by atomic mass is 10.2. The molecule has 0 saturated heterocycles. The zero-order chi connectivity index (χ0) is 13.0. The Morgan fingerprint density at radius 1 is 1.39 bits per heavy atom. The van der Waals surface area contributed by atoms with Crippen molar-refractivity contribution in [3.05, 3.63) is 51.6 Å². The summed E-state index contributed by atoms with van der Waals surface area (Å²) in [6, 6.07) is 9.53. The highest BCUT2D eigenvalue weighted by Crippen LogP contribution is 2.24. The van der Waals surface area contributed by atoms with E-state index in [0.717, 1.165) is 20.7 Å². The van der Waals surface area contributed by atoms with E-state index < -0.39 is 0 Å². The van der Waals surface area contributed by atoms with Crippen molar-refractivity contribution in [2.45, 2.75) is 6.54 Å². The number of hydrogen-bond acceptors (Lipinski definition) is 3. The third-order valence-electron chi connectivity index (χ3n) is 2.44. The Hall–Kier alpha value is -1.26. The summed E-state index contributed by atoms with van der Waals surface area (Å²) in [6.45, 7) is 0.611. The number of aromatic nitrogens is 1. The van der Waals surface area contributed by atoms with E-state index in [0.29, 0.717) is 12.4 Å². The van der Waals surface area contributed by atoms with Gasteiger partial charge in [0.1, 0.15) is 0 Å². The van der Waals surface area contributed by atoms with Gasteiger partial charge in [0.05, 0.1) is 12.8 Å². The number of halogens is 2. The number of hydrogen-bond donors (Lipinski definition) is 1. The van der Waals surface area contributed by atoms with Crippen LogP contribution in [0.25, 0.3) is 0 Å². The van der Waals surface area contributed by atoms with Crippen LogP contribution in [0.2, 0.25) is 5.02 Å². The molecular formula is C13H12BrClN2O. The lowest BCUT2D eigenvalue weighted by Crippen LogP contribution is -2.02. The molecule has 0 saturated carbocycles. The number of nitrogens with one attached hydrogen (secondary N) is 1. The maximum atomic E-state index is 6.13. The van der Waals surface area contributed by atoms with Gasteiger partial charge in [-0.05, 0) is 35.9 Å². The highest BCUT2D eigenvalue weighted by Gasteiger charge is 2.05. The van der Waals surface area contributed by atoms with Gasteiger partial charge >= 0.3 is 0 Å². The highest BCUT2D eigenvalue weighted by atomic mass is 79.9. The summed E-state index contributed by atoms with van der Waals surface area (Å²) in [5, 5.41) is 3.99. The molecule has 0 aliphatic rings. The minimum Gasteiger partial charge on any atom is -0.480 e. The van der Waals surface area contributed by atoms with Crippen molar-refractivity contribution < 1.29 is 4.74 Å². The van der Waals surface area contributed by atoms with Crippen molar-refractivity contribution in [3.8, 4) is 5.88 Å².